The molecule has 22 nitrogen and oxygen atoms in total. The first-order chi connectivity index (χ1) is 25.8. The number of carboxylic acids is 1. The van der Waals surface area contributed by atoms with Crippen molar-refractivity contribution >= 4 is 23.6 Å². The summed E-state index contributed by atoms with van der Waals surface area (Å²) in [5, 5.41) is 89.8. The van der Waals surface area contributed by atoms with E-state index in [0.717, 1.165) is 14.0 Å². The molecule has 4 saturated heterocycles. The molecule has 0 radical (unpaired) electrons. The Morgan fingerprint density at radius 3 is 1.75 bits per heavy atom. The fourth-order valence-corrected chi connectivity index (χ4v) is 7.13. The molecule has 0 aromatic carbocycles. The maximum absolute atomic E-state index is 13.6. The Morgan fingerprint density at radius 2 is 1.22 bits per heavy atom. The van der Waals surface area contributed by atoms with Gasteiger partial charge in [-0.05, 0) is 6.92 Å². The molecule has 0 aliphatic carbocycles. The molecule has 0 aromatic rings. The van der Waals surface area contributed by atoms with Crippen molar-refractivity contribution < 1.29 is 97.9 Å². The first-order valence-electron chi connectivity index (χ1n) is 17.9. The highest BCUT2D eigenvalue weighted by Gasteiger charge is 2.55. The minimum Gasteiger partial charge on any atom is -0.479 e. The summed E-state index contributed by atoms with van der Waals surface area (Å²) in [6.07, 6.45) is -27.1. The maximum atomic E-state index is 13.6. The van der Waals surface area contributed by atoms with E-state index in [0.29, 0.717) is 0 Å². The number of Topliss-reactive ketones (excluding diaryl/α,β-unsaturated/α-hetero) is 1. The number of aliphatic hydroxyl groups is 7. The Hall–Kier alpha value is -2.52. The summed E-state index contributed by atoms with van der Waals surface area (Å²) in [6.45, 7) is 5.56. The van der Waals surface area contributed by atoms with Crippen molar-refractivity contribution in [1.82, 2.24) is 10.6 Å². The van der Waals surface area contributed by atoms with Gasteiger partial charge in [0.25, 0.3) is 0 Å². The van der Waals surface area contributed by atoms with Crippen molar-refractivity contribution in [2.45, 2.75) is 157 Å². The Kier molecular flexibility index (Phi) is 15.8. The molecule has 8 unspecified atom stereocenters. The lowest BCUT2D eigenvalue weighted by molar-refractivity contribution is -0.355. The van der Waals surface area contributed by atoms with Gasteiger partial charge in [-0.25, -0.2) is 4.79 Å². The minimum absolute atomic E-state index is 0.406. The van der Waals surface area contributed by atoms with E-state index in [9.17, 15) is 60.0 Å². The lowest BCUT2D eigenvalue weighted by Crippen LogP contribution is -2.69. The lowest BCUT2D eigenvalue weighted by atomic mass is 9.91. The molecule has 4 heterocycles. The monoisotopic (exact) mass is 798 g/mol. The minimum atomic E-state index is -1.94. The van der Waals surface area contributed by atoms with E-state index in [1.165, 1.54) is 6.92 Å². The van der Waals surface area contributed by atoms with Crippen molar-refractivity contribution in [3.63, 3.8) is 0 Å². The van der Waals surface area contributed by atoms with Gasteiger partial charge in [-0.2, -0.15) is 0 Å². The Bertz CT molecular complexity index is 1330. The average molecular weight is 799 g/mol. The zero-order valence-electron chi connectivity index (χ0n) is 31.1. The maximum Gasteiger partial charge on any atom is 0.335 e. The van der Waals surface area contributed by atoms with Crippen LogP contribution in [0.1, 0.15) is 41.0 Å². The van der Waals surface area contributed by atoms with Gasteiger partial charge in [-0.1, -0.05) is 13.8 Å². The van der Waals surface area contributed by atoms with E-state index in [1.54, 1.807) is 20.8 Å². The van der Waals surface area contributed by atoms with Gasteiger partial charge >= 0.3 is 5.97 Å². The van der Waals surface area contributed by atoms with Gasteiger partial charge < -0.3 is 89.4 Å². The first kappa shape index (κ1) is 45.2. The number of aliphatic hydroxyl groups excluding tert-OH is 7. The van der Waals surface area contributed by atoms with Crippen LogP contribution in [0.3, 0.4) is 0 Å². The molecule has 10 N–H and O–H groups in total. The van der Waals surface area contributed by atoms with Gasteiger partial charge in [0.15, 0.2) is 30.8 Å². The Morgan fingerprint density at radius 1 is 0.691 bits per heavy atom. The molecule has 4 aliphatic heterocycles. The number of nitrogens with one attached hydrogen (secondary N) is 2. The highest BCUT2D eigenvalue weighted by atomic mass is 16.7. The van der Waals surface area contributed by atoms with Gasteiger partial charge in [-0.15, -0.1) is 0 Å². The van der Waals surface area contributed by atoms with Gasteiger partial charge in [-0.3, -0.25) is 14.4 Å². The number of carboxylic acid groups (broad SMARTS) is 1. The van der Waals surface area contributed by atoms with Gasteiger partial charge in [0.05, 0.1) is 31.5 Å². The van der Waals surface area contributed by atoms with Gasteiger partial charge in [0, 0.05) is 33.3 Å². The zero-order valence-corrected chi connectivity index (χ0v) is 31.1. The first-order valence-corrected chi connectivity index (χ1v) is 17.9. The van der Waals surface area contributed by atoms with E-state index in [-0.39, 0.29) is 0 Å². The number of hydrogen-bond donors (Lipinski definition) is 10. The van der Waals surface area contributed by atoms with E-state index in [1.807, 2.05) is 0 Å². The Labute approximate surface area is 315 Å². The lowest BCUT2D eigenvalue weighted by Gasteiger charge is -2.49. The zero-order chi connectivity index (χ0) is 41.0. The number of hydrogen-bond acceptors (Lipinski definition) is 19. The van der Waals surface area contributed by atoms with Crippen LogP contribution in [0.2, 0.25) is 0 Å². The van der Waals surface area contributed by atoms with Crippen molar-refractivity contribution in [2.24, 2.45) is 5.92 Å². The number of methoxy groups -OCH3 is 1. The summed E-state index contributed by atoms with van der Waals surface area (Å²) in [5.41, 5.74) is 0. The van der Waals surface area contributed by atoms with Gasteiger partial charge in [0.2, 0.25) is 11.8 Å². The molecule has 0 bridgehead atoms. The topological polar surface area (TPSA) is 328 Å². The van der Waals surface area contributed by atoms with E-state index in [4.69, 9.17) is 37.9 Å². The molecule has 4 aliphatic rings. The van der Waals surface area contributed by atoms with Crippen LogP contribution in [0.4, 0.5) is 0 Å². The van der Waals surface area contributed by atoms with Crippen molar-refractivity contribution in [3.05, 3.63) is 0 Å². The van der Waals surface area contributed by atoms with E-state index in [2.05, 4.69) is 10.6 Å². The second kappa shape index (κ2) is 19.3. The Balaban J connectivity index is 1.63. The quantitative estimate of drug-likeness (QED) is 0.0784. The standard InChI is InChI=1S/C33H54N2O20/c1-10(2)20(41)25-15(7-14(40)31(52-25)53-26-18(34-12(4)38)11(3)49-16(8-36)21(26)42)50-32-19(35-13(5)39)27(22(43)17(9-37)51-32)54-33-24(45)23(44)28(48-6)29(55-33)30(46)47/h10-11,14-19,21-29,31-33,36-37,40,42-45H,7-9H2,1-6H3,(H,34,38)(H,35,39)(H,46,47)/t11-,14?,15-,16?,17?,18?,19?,21+,22+,23+,24?,25?,26+,27+,28-,29?,31-,32+,33+/m0/s1. The number of rotatable bonds is 14. The molecule has 0 saturated carbocycles. The van der Waals surface area contributed by atoms with Crippen LogP contribution in [-0.4, -0.2) is 201 Å². The predicted molar refractivity (Wildman–Crippen MR) is 177 cm³/mol. The largest absolute Gasteiger partial charge is 0.479 e. The number of amides is 2. The molecule has 0 aromatic heterocycles. The van der Waals surface area contributed by atoms with Crippen LogP contribution in [0.15, 0.2) is 0 Å². The van der Waals surface area contributed by atoms with Crippen LogP contribution in [0.25, 0.3) is 0 Å². The number of ether oxygens (including phenoxy) is 8. The molecular weight excluding hydrogens is 744 g/mol. The predicted octanol–water partition coefficient (Wildman–Crippen LogP) is -5.38. The average Bonchev–Trinajstić information content (AvgIpc) is 3.11. The summed E-state index contributed by atoms with van der Waals surface area (Å²) in [4.78, 5) is 50.1. The number of carbonyl (C=O) groups excluding carboxylic acids is 3. The summed E-state index contributed by atoms with van der Waals surface area (Å²) >= 11 is 0. The molecule has 22 heteroatoms. The third-order valence-corrected chi connectivity index (χ3v) is 9.95. The summed E-state index contributed by atoms with van der Waals surface area (Å²) in [7, 11) is 1.09. The molecule has 316 valence electrons. The molecule has 55 heavy (non-hydrogen) atoms. The van der Waals surface area contributed by atoms with Crippen molar-refractivity contribution in [3.8, 4) is 0 Å². The molecule has 19 atom stereocenters. The SMILES string of the molecule is CO[C@@H]1C(C(=O)O)O[C@@H](O[C@@H]2C(NC(C)=O)[C@H](O[C@H]3CC(O)[C@H](O[C@@H]4C(NC(C)=O)[C@H](C)OC(CO)[C@H]4O)OC3C(=O)C(C)C)OC(CO)[C@H]2O)C(O)[C@H]1O. The van der Waals surface area contributed by atoms with Crippen LogP contribution >= 0.6 is 0 Å². The van der Waals surface area contributed by atoms with Crippen LogP contribution in [-0.2, 0) is 57.1 Å². The third kappa shape index (κ3) is 10.1. The summed E-state index contributed by atoms with van der Waals surface area (Å²) in [6, 6.07) is -2.52. The summed E-state index contributed by atoms with van der Waals surface area (Å²) < 4.78 is 45.9. The van der Waals surface area contributed by atoms with Crippen molar-refractivity contribution in [2.75, 3.05) is 20.3 Å². The van der Waals surface area contributed by atoms with E-state index < -0.39 is 166 Å². The fourth-order valence-electron chi connectivity index (χ4n) is 7.13. The summed E-state index contributed by atoms with van der Waals surface area (Å²) in [5.74, 6) is -4.03. The highest BCUT2D eigenvalue weighted by molar-refractivity contribution is 5.85. The van der Waals surface area contributed by atoms with Crippen LogP contribution in [0.5, 0.6) is 0 Å². The van der Waals surface area contributed by atoms with E-state index >= 15 is 0 Å². The van der Waals surface area contributed by atoms with Crippen LogP contribution < -0.4 is 10.6 Å². The third-order valence-electron chi connectivity index (χ3n) is 9.95. The fraction of sp³-hybridized carbons (Fsp3) is 0.879. The van der Waals surface area contributed by atoms with Crippen molar-refractivity contribution in [1.29, 1.82) is 0 Å². The molecule has 0 spiro atoms. The normalized spacial score (nSPS) is 43.8. The highest BCUT2D eigenvalue weighted by Crippen LogP contribution is 2.35. The number of ketones is 1. The second-order valence-corrected chi connectivity index (χ2v) is 14.3. The number of carbonyl (C=O) groups is 4. The second-order valence-electron chi connectivity index (χ2n) is 14.3. The smallest absolute Gasteiger partial charge is 0.335 e. The van der Waals surface area contributed by atoms with Gasteiger partial charge in [0.1, 0.15) is 73.2 Å². The molecular formula is C33H54N2O20. The van der Waals surface area contributed by atoms with Crippen LogP contribution in [0, 0.1) is 5.92 Å². The molecule has 2 amide bonds. The molecule has 4 rings (SSSR count). The molecule has 4 fully saturated rings. The number of aliphatic carboxylic acids is 1.